The van der Waals surface area contributed by atoms with Crippen LogP contribution >= 0.6 is 11.6 Å². The number of hydrogen-bond acceptors (Lipinski definition) is 7. The van der Waals surface area contributed by atoms with Crippen molar-refractivity contribution in [2.24, 2.45) is 0 Å². The molecule has 37 heavy (non-hydrogen) atoms. The van der Waals surface area contributed by atoms with Crippen LogP contribution in [0.2, 0.25) is 5.02 Å². The number of carbonyl (C=O) groups is 3. The van der Waals surface area contributed by atoms with E-state index in [1.54, 1.807) is 73.6 Å². The number of halogens is 1. The number of ether oxygens (including phenoxy) is 3. The fraction of sp³-hybridized carbons (Fsp3) is 0.500. The Bertz CT molecular complexity index is 1200. The predicted octanol–water partition coefficient (Wildman–Crippen LogP) is 6.73. The smallest absolute Gasteiger partial charge is 0.424 e. The minimum atomic E-state index is -1.01. The molecule has 0 saturated carbocycles. The lowest BCUT2D eigenvalue weighted by Gasteiger charge is -2.29. The second-order valence-corrected chi connectivity index (χ2v) is 10.9. The molecule has 1 aromatic heterocycles. The molecule has 2 aromatic rings. The second kappa shape index (κ2) is 11.2. The van der Waals surface area contributed by atoms with Crippen molar-refractivity contribution < 1.29 is 28.6 Å². The number of aromatic nitrogens is 2. The van der Waals surface area contributed by atoms with Crippen molar-refractivity contribution in [3.05, 3.63) is 40.2 Å². The van der Waals surface area contributed by atoms with E-state index in [-0.39, 0.29) is 34.7 Å². The summed E-state index contributed by atoms with van der Waals surface area (Å²) in [6.45, 7) is 21.5. The highest BCUT2D eigenvalue weighted by Gasteiger charge is 2.39. The number of benzene rings is 1. The Hall–Kier alpha value is -3.58. The van der Waals surface area contributed by atoms with Gasteiger partial charge in [0.15, 0.2) is 5.82 Å². The highest BCUT2D eigenvalue weighted by atomic mass is 35.5. The minimum absolute atomic E-state index is 0.0168. The minimum Gasteiger partial charge on any atom is -0.469 e. The van der Waals surface area contributed by atoms with Crippen LogP contribution in [0.4, 0.5) is 21.1 Å². The Morgan fingerprint density at radius 2 is 1.62 bits per heavy atom. The van der Waals surface area contributed by atoms with Gasteiger partial charge < -0.3 is 14.2 Å². The maximum atomic E-state index is 13.3. The number of carbonyl (C=O) groups excluding carboxylic acids is 3. The van der Waals surface area contributed by atoms with E-state index >= 15 is 0 Å². The van der Waals surface area contributed by atoms with Gasteiger partial charge in [-0.2, -0.15) is 10.00 Å². The second-order valence-electron chi connectivity index (χ2n) is 10.5. The van der Waals surface area contributed by atoms with Gasteiger partial charge in [0.25, 0.3) is 5.69 Å². The molecule has 0 N–H and O–H groups in total. The molecule has 0 bridgehead atoms. The Labute approximate surface area is 222 Å². The molecule has 0 atom stereocenters. The van der Waals surface area contributed by atoms with Crippen LogP contribution in [0.15, 0.2) is 18.2 Å². The van der Waals surface area contributed by atoms with E-state index in [1.165, 1.54) is 11.8 Å². The molecule has 0 aliphatic heterocycles. The van der Waals surface area contributed by atoms with Gasteiger partial charge in [-0.05, 0) is 67.0 Å². The molecule has 11 heteroatoms. The summed E-state index contributed by atoms with van der Waals surface area (Å²) in [5, 5.41) is 4.80. The molecule has 10 nitrogen and oxygen atoms in total. The van der Waals surface area contributed by atoms with E-state index < -0.39 is 29.4 Å². The molecule has 0 radical (unpaired) electrons. The SMILES string of the molecule is [C-]#[N+]c1c(-c2ccc(CC(=O)OC)cc2Cl)nn(C(C)C)c1N(C(=O)OC(C)(C)C)C(=O)OC(C)(C)C. The topological polar surface area (TPSA) is 104 Å². The molecule has 2 amide bonds. The van der Waals surface area contributed by atoms with Crippen LogP contribution in [0.25, 0.3) is 16.1 Å². The van der Waals surface area contributed by atoms with Gasteiger partial charge in [-0.3, -0.25) is 9.48 Å². The summed E-state index contributed by atoms with van der Waals surface area (Å²) in [5.74, 6) is -0.527. The molecule has 0 aliphatic rings. The van der Waals surface area contributed by atoms with E-state index in [9.17, 15) is 14.4 Å². The van der Waals surface area contributed by atoms with Gasteiger partial charge in [-0.1, -0.05) is 23.7 Å². The van der Waals surface area contributed by atoms with Crippen molar-refractivity contribution in [1.29, 1.82) is 0 Å². The van der Waals surface area contributed by atoms with Gasteiger partial charge in [-0.25, -0.2) is 14.4 Å². The van der Waals surface area contributed by atoms with E-state index in [0.717, 1.165) is 0 Å². The van der Waals surface area contributed by atoms with E-state index in [2.05, 4.69) is 9.94 Å². The van der Waals surface area contributed by atoms with Crippen LogP contribution < -0.4 is 4.90 Å². The lowest BCUT2D eigenvalue weighted by atomic mass is 10.1. The van der Waals surface area contributed by atoms with Crippen molar-refractivity contribution in [3.8, 4) is 11.3 Å². The normalized spacial score (nSPS) is 11.6. The predicted molar refractivity (Wildman–Crippen MR) is 140 cm³/mol. The van der Waals surface area contributed by atoms with Crippen molar-refractivity contribution in [3.63, 3.8) is 0 Å². The lowest BCUT2D eigenvalue weighted by molar-refractivity contribution is -0.139. The molecule has 0 spiro atoms. The molecule has 0 aliphatic carbocycles. The maximum Gasteiger partial charge on any atom is 0.424 e. The molecule has 0 unspecified atom stereocenters. The van der Waals surface area contributed by atoms with Gasteiger partial charge in [0, 0.05) is 16.6 Å². The molecule has 0 fully saturated rings. The van der Waals surface area contributed by atoms with Crippen molar-refractivity contribution in [2.75, 3.05) is 12.0 Å². The molecule has 1 heterocycles. The van der Waals surface area contributed by atoms with Gasteiger partial charge in [0.1, 0.15) is 16.9 Å². The first kappa shape index (κ1) is 29.6. The summed E-state index contributed by atoms with van der Waals surface area (Å²) in [6, 6.07) is 4.50. The van der Waals surface area contributed by atoms with Crippen LogP contribution in [0.3, 0.4) is 0 Å². The van der Waals surface area contributed by atoms with E-state index in [4.69, 9.17) is 32.4 Å². The van der Waals surface area contributed by atoms with Crippen LogP contribution in [0.1, 0.15) is 67.0 Å². The average molecular weight is 533 g/mol. The Kier molecular flexibility index (Phi) is 8.99. The zero-order chi connectivity index (χ0) is 28.3. The summed E-state index contributed by atoms with van der Waals surface area (Å²) in [5.41, 5.74) is -0.800. The summed E-state index contributed by atoms with van der Waals surface area (Å²) in [4.78, 5) is 42.6. The third kappa shape index (κ3) is 7.46. The quantitative estimate of drug-likeness (QED) is 0.239. The molecule has 1 aromatic carbocycles. The Morgan fingerprint density at radius 1 is 1.08 bits per heavy atom. The fourth-order valence-corrected chi connectivity index (χ4v) is 3.52. The molecular formula is C26H33ClN4O6. The number of esters is 1. The van der Waals surface area contributed by atoms with E-state index in [0.29, 0.717) is 16.0 Å². The first-order chi connectivity index (χ1) is 17.0. The Morgan fingerprint density at radius 3 is 2.03 bits per heavy atom. The summed E-state index contributed by atoms with van der Waals surface area (Å²) < 4.78 is 17.1. The van der Waals surface area contributed by atoms with Crippen LogP contribution in [-0.4, -0.2) is 46.2 Å². The van der Waals surface area contributed by atoms with Crippen LogP contribution in [-0.2, 0) is 25.4 Å². The standard InChI is InChI=1S/C26H33ClN4O6/c1-15(2)31-22(30(23(33)36-25(3,4)5)24(34)37-26(6,7)8)21(28-9)20(29-31)17-12-11-16(13-18(17)27)14-19(32)35-10/h11-13,15H,14H2,1-8,10H3. The Balaban J connectivity index is 2.78. The number of nitrogens with zero attached hydrogens (tertiary/aromatic N) is 4. The first-order valence-corrected chi connectivity index (χ1v) is 12.0. The van der Waals surface area contributed by atoms with Gasteiger partial charge >= 0.3 is 18.2 Å². The largest absolute Gasteiger partial charge is 0.469 e. The number of imide groups is 1. The molecule has 0 saturated heterocycles. The highest BCUT2D eigenvalue weighted by molar-refractivity contribution is 6.33. The molecular weight excluding hydrogens is 500 g/mol. The third-order valence-corrected chi connectivity index (χ3v) is 5.00. The van der Waals surface area contributed by atoms with E-state index in [1.807, 2.05) is 0 Å². The summed E-state index contributed by atoms with van der Waals surface area (Å²) in [7, 11) is 1.29. The third-order valence-electron chi connectivity index (χ3n) is 4.69. The fourth-order valence-electron chi connectivity index (χ4n) is 3.23. The van der Waals surface area contributed by atoms with Gasteiger partial charge in [-0.15, -0.1) is 0 Å². The number of rotatable bonds is 5. The summed E-state index contributed by atoms with van der Waals surface area (Å²) in [6.07, 6.45) is -2.01. The number of hydrogen-bond donors (Lipinski definition) is 0. The molecule has 200 valence electrons. The number of anilines is 1. The first-order valence-electron chi connectivity index (χ1n) is 11.6. The zero-order valence-electron chi connectivity index (χ0n) is 22.6. The van der Waals surface area contributed by atoms with Crippen molar-refractivity contribution >= 4 is 41.3 Å². The lowest BCUT2D eigenvalue weighted by Crippen LogP contribution is -2.44. The van der Waals surface area contributed by atoms with Crippen LogP contribution in [0.5, 0.6) is 0 Å². The maximum absolute atomic E-state index is 13.3. The van der Waals surface area contributed by atoms with Crippen molar-refractivity contribution in [1.82, 2.24) is 9.78 Å². The number of amides is 2. The average Bonchev–Trinajstić information content (AvgIpc) is 3.10. The van der Waals surface area contributed by atoms with Gasteiger partial charge in [0.2, 0.25) is 0 Å². The van der Waals surface area contributed by atoms with Gasteiger partial charge in [0.05, 0.1) is 20.1 Å². The number of methoxy groups -OCH3 is 1. The van der Waals surface area contributed by atoms with Crippen LogP contribution in [0, 0.1) is 6.57 Å². The molecule has 2 rings (SSSR count). The monoisotopic (exact) mass is 532 g/mol. The zero-order valence-corrected chi connectivity index (χ0v) is 23.4. The highest BCUT2D eigenvalue weighted by Crippen LogP contribution is 2.43. The van der Waals surface area contributed by atoms with Crippen molar-refractivity contribution in [2.45, 2.75) is 79.1 Å². The summed E-state index contributed by atoms with van der Waals surface area (Å²) >= 11 is 6.54.